The summed E-state index contributed by atoms with van der Waals surface area (Å²) in [5.74, 6) is -0.218. The van der Waals surface area contributed by atoms with Gasteiger partial charge in [0.2, 0.25) is 0 Å². The Labute approximate surface area is 145 Å². The summed E-state index contributed by atoms with van der Waals surface area (Å²) >= 11 is 0. The van der Waals surface area contributed by atoms with Crippen molar-refractivity contribution in [1.29, 1.82) is 0 Å². The van der Waals surface area contributed by atoms with Crippen molar-refractivity contribution >= 4 is 38.6 Å². The number of rotatable bonds is 5. The van der Waals surface area contributed by atoms with E-state index in [4.69, 9.17) is 4.52 Å². The summed E-state index contributed by atoms with van der Waals surface area (Å²) in [6.45, 7) is 0. The van der Waals surface area contributed by atoms with Crippen molar-refractivity contribution in [3.63, 3.8) is 0 Å². The maximum Gasteiger partial charge on any atom is 0.355 e. The lowest BCUT2D eigenvalue weighted by Crippen LogP contribution is -2.34. The molecule has 0 saturated heterocycles. The molecular formula is C20H19O2P2+. The van der Waals surface area contributed by atoms with Crippen LogP contribution in [0, 0.1) is 0 Å². The van der Waals surface area contributed by atoms with Crippen LogP contribution in [-0.2, 0) is 9.32 Å². The Hall–Kier alpha value is -2.01. The summed E-state index contributed by atoms with van der Waals surface area (Å²) in [5.41, 5.74) is 0. The highest BCUT2D eigenvalue weighted by molar-refractivity contribution is 7.92. The standard InChI is InChI=1S/C20H19O2P2/c21-20(16-23)22-24(17-10-4-1-5-11-17,18-12-6-2-7-13-18)19-14-8-3-9-15-19/h1-15H,16,23H2/q+1. The minimum atomic E-state index is -2.49. The van der Waals surface area contributed by atoms with Gasteiger partial charge in [-0.3, -0.25) is 4.52 Å². The zero-order chi connectivity index (χ0) is 16.8. The second-order valence-corrected chi connectivity index (χ2v) is 8.64. The zero-order valence-electron chi connectivity index (χ0n) is 13.2. The SMILES string of the molecule is O=C(CP)O[P+](c1ccccc1)(c1ccccc1)c1ccccc1. The number of benzene rings is 3. The smallest absolute Gasteiger partial charge is 0.297 e. The fraction of sp³-hybridized carbons (Fsp3) is 0.0500. The number of hydrogen-bond donors (Lipinski definition) is 0. The predicted molar refractivity (Wildman–Crippen MR) is 106 cm³/mol. The maximum atomic E-state index is 12.3. The Balaban J connectivity index is 2.30. The minimum Gasteiger partial charge on any atom is -0.297 e. The lowest BCUT2D eigenvalue weighted by Gasteiger charge is -2.24. The van der Waals surface area contributed by atoms with Gasteiger partial charge < -0.3 is 0 Å². The van der Waals surface area contributed by atoms with E-state index < -0.39 is 7.49 Å². The van der Waals surface area contributed by atoms with Gasteiger partial charge in [-0.25, -0.2) is 4.79 Å². The van der Waals surface area contributed by atoms with Gasteiger partial charge in [0.15, 0.2) is 0 Å². The molecule has 0 amide bonds. The molecule has 0 radical (unpaired) electrons. The Kier molecular flexibility index (Phi) is 5.41. The van der Waals surface area contributed by atoms with Crippen LogP contribution in [0.5, 0.6) is 0 Å². The highest BCUT2D eigenvalue weighted by atomic mass is 31.2. The van der Waals surface area contributed by atoms with E-state index in [9.17, 15) is 4.79 Å². The topological polar surface area (TPSA) is 26.3 Å². The monoisotopic (exact) mass is 353 g/mol. The first-order valence-corrected chi connectivity index (χ1v) is 10.3. The molecule has 0 bridgehead atoms. The quantitative estimate of drug-likeness (QED) is 0.658. The van der Waals surface area contributed by atoms with E-state index in [1.807, 2.05) is 91.0 Å². The fourth-order valence-corrected chi connectivity index (χ4v) is 6.30. The van der Waals surface area contributed by atoms with Gasteiger partial charge in [0.25, 0.3) is 7.49 Å². The Bertz CT molecular complexity index is 693. The summed E-state index contributed by atoms with van der Waals surface area (Å²) in [5, 5.41) is 3.11. The van der Waals surface area contributed by atoms with E-state index in [1.54, 1.807) is 0 Å². The minimum absolute atomic E-state index is 0.218. The molecule has 0 fully saturated rings. The van der Waals surface area contributed by atoms with E-state index in [0.29, 0.717) is 0 Å². The molecular weight excluding hydrogens is 334 g/mol. The van der Waals surface area contributed by atoms with Gasteiger partial charge in [0, 0.05) is 0 Å². The lowest BCUT2D eigenvalue weighted by atomic mass is 10.4. The molecule has 0 aliphatic carbocycles. The molecule has 0 aliphatic heterocycles. The molecule has 0 heterocycles. The molecule has 0 aliphatic rings. The lowest BCUT2D eigenvalue weighted by molar-refractivity contribution is -0.130. The average molecular weight is 353 g/mol. The van der Waals surface area contributed by atoms with Crippen LogP contribution in [0.2, 0.25) is 0 Å². The second kappa shape index (κ2) is 7.71. The van der Waals surface area contributed by atoms with Crippen molar-refractivity contribution in [2.24, 2.45) is 0 Å². The Morgan fingerprint density at radius 2 is 1.04 bits per heavy atom. The molecule has 120 valence electrons. The number of carbonyl (C=O) groups is 1. The fourth-order valence-electron chi connectivity index (χ4n) is 2.71. The van der Waals surface area contributed by atoms with E-state index in [1.165, 1.54) is 0 Å². The first-order chi connectivity index (χ1) is 11.8. The van der Waals surface area contributed by atoms with Gasteiger partial charge in [0.05, 0.1) is 6.16 Å². The number of carbonyl (C=O) groups excluding carboxylic acids is 1. The Morgan fingerprint density at radius 3 is 1.33 bits per heavy atom. The van der Waals surface area contributed by atoms with Gasteiger partial charge >= 0.3 is 5.97 Å². The molecule has 0 spiro atoms. The van der Waals surface area contributed by atoms with Crippen LogP contribution in [0.15, 0.2) is 91.0 Å². The molecule has 2 nitrogen and oxygen atoms in total. The largest absolute Gasteiger partial charge is 0.355 e. The molecule has 0 aromatic heterocycles. The first kappa shape index (κ1) is 16.8. The zero-order valence-corrected chi connectivity index (χ0v) is 15.3. The molecule has 3 aromatic carbocycles. The molecule has 24 heavy (non-hydrogen) atoms. The van der Waals surface area contributed by atoms with E-state index in [-0.39, 0.29) is 12.1 Å². The average Bonchev–Trinajstić information content (AvgIpc) is 2.68. The van der Waals surface area contributed by atoms with Gasteiger partial charge in [0.1, 0.15) is 15.9 Å². The molecule has 3 aromatic rings. The third-order valence-corrected chi connectivity index (χ3v) is 7.65. The summed E-state index contributed by atoms with van der Waals surface area (Å²) in [6, 6.07) is 30.1. The van der Waals surface area contributed by atoms with E-state index >= 15 is 0 Å². The van der Waals surface area contributed by atoms with Crippen molar-refractivity contribution in [2.45, 2.75) is 0 Å². The van der Waals surface area contributed by atoms with Crippen molar-refractivity contribution in [3.05, 3.63) is 91.0 Å². The highest BCUT2D eigenvalue weighted by Crippen LogP contribution is 2.56. The molecule has 3 rings (SSSR count). The van der Waals surface area contributed by atoms with Crippen molar-refractivity contribution < 1.29 is 9.32 Å². The van der Waals surface area contributed by atoms with Crippen LogP contribution in [0.1, 0.15) is 0 Å². The van der Waals surface area contributed by atoms with E-state index in [0.717, 1.165) is 15.9 Å². The predicted octanol–water partition coefficient (Wildman–Crippen LogP) is 3.31. The molecule has 1 unspecified atom stereocenters. The Morgan fingerprint density at radius 1 is 0.708 bits per heavy atom. The van der Waals surface area contributed by atoms with Crippen molar-refractivity contribution in [2.75, 3.05) is 6.16 Å². The summed E-state index contributed by atoms with van der Waals surface area (Å²) in [7, 11) is -0.0365. The van der Waals surface area contributed by atoms with Gasteiger partial charge in [-0.05, 0) is 36.4 Å². The normalized spacial score (nSPS) is 11.0. The maximum absolute atomic E-state index is 12.3. The van der Waals surface area contributed by atoms with Gasteiger partial charge in [-0.15, -0.1) is 9.24 Å². The van der Waals surface area contributed by atoms with Crippen LogP contribution < -0.4 is 15.9 Å². The highest BCUT2D eigenvalue weighted by Gasteiger charge is 2.50. The van der Waals surface area contributed by atoms with Crippen LogP contribution >= 0.6 is 16.7 Å². The third-order valence-electron chi connectivity index (χ3n) is 3.76. The summed E-state index contributed by atoms with van der Waals surface area (Å²) in [6.07, 6.45) is 0.272. The molecule has 0 saturated carbocycles. The van der Waals surface area contributed by atoms with Crippen LogP contribution in [0.25, 0.3) is 0 Å². The van der Waals surface area contributed by atoms with Crippen LogP contribution in [0.4, 0.5) is 0 Å². The van der Waals surface area contributed by atoms with E-state index in [2.05, 4.69) is 9.24 Å². The van der Waals surface area contributed by atoms with Gasteiger partial charge in [-0.1, -0.05) is 54.6 Å². The van der Waals surface area contributed by atoms with Gasteiger partial charge in [-0.2, -0.15) is 0 Å². The molecule has 1 atom stereocenters. The number of hydrogen-bond acceptors (Lipinski definition) is 2. The molecule has 0 N–H and O–H groups in total. The van der Waals surface area contributed by atoms with Crippen LogP contribution in [0.3, 0.4) is 0 Å². The molecule has 4 heteroatoms. The summed E-state index contributed by atoms with van der Waals surface area (Å²) < 4.78 is 6.20. The summed E-state index contributed by atoms with van der Waals surface area (Å²) in [4.78, 5) is 12.3. The van der Waals surface area contributed by atoms with Crippen molar-refractivity contribution in [1.82, 2.24) is 0 Å². The van der Waals surface area contributed by atoms with Crippen LogP contribution in [-0.4, -0.2) is 12.1 Å². The third kappa shape index (κ3) is 3.26. The first-order valence-electron chi connectivity index (χ1n) is 7.76. The second-order valence-electron chi connectivity index (χ2n) is 5.28. The van der Waals surface area contributed by atoms with Crippen molar-refractivity contribution in [3.8, 4) is 0 Å².